The average molecular weight is 371 g/mol. The molecule has 1 aliphatic rings. The van der Waals surface area contributed by atoms with Crippen molar-refractivity contribution in [1.82, 2.24) is 5.32 Å². The highest BCUT2D eigenvalue weighted by Gasteiger charge is 2.39. The third-order valence-electron chi connectivity index (χ3n) is 5.30. The van der Waals surface area contributed by atoms with Crippen LogP contribution in [0.15, 0.2) is 48.5 Å². The zero-order chi connectivity index (χ0) is 19.4. The first-order valence-electron chi connectivity index (χ1n) is 9.47. The molecule has 0 saturated heterocycles. The van der Waals surface area contributed by atoms with Crippen molar-refractivity contribution < 1.29 is 18.7 Å². The van der Waals surface area contributed by atoms with Gasteiger partial charge in [0.2, 0.25) is 0 Å². The number of hydrogen-bond acceptors (Lipinski definition) is 3. The van der Waals surface area contributed by atoms with Gasteiger partial charge in [0.15, 0.2) is 6.10 Å². The Bertz CT molecular complexity index is 786. The standard InChI is InChI=1S/C22H26FNO3/c1-4-22(5-2)14-19(18-8-6-7-9-20(18)27-22)24-21(25)15(3)26-17-12-10-16(23)11-13-17/h6-13,15,19H,4-5,14H2,1-3H3,(H,24,25)/t15-,19-/m0/s1. The number of rotatable bonds is 6. The lowest BCUT2D eigenvalue weighted by molar-refractivity contribution is -0.128. The molecule has 0 bridgehead atoms. The Kier molecular flexibility index (Phi) is 5.68. The summed E-state index contributed by atoms with van der Waals surface area (Å²) in [4.78, 5) is 12.7. The highest BCUT2D eigenvalue weighted by atomic mass is 19.1. The number of carbonyl (C=O) groups is 1. The number of benzene rings is 2. The Morgan fingerprint density at radius 3 is 2.56 bits per heavy atom. The number of para-hydroxylation sites is 1. The summed E-state index contributed by atoms with van der Waals surface area (Å²) in [6.07, 6.45) is 1.76. The zero-order valence-electron chi connectivity index (χ0n) is 16.0. The van der Waals surface area contributed by atoms with Crippen molar-refractivity contribution in [1.29, 1.82) is 0 Å². The Morgan fingerprint density at radius 1 is 1.22 bits per heavy atom. The molecule has 0 fully saturated rings. The molecule has 4 nitrogen and oxygen atoms in total. The van der Waals surface area contributed by atoms with Crippen molar-refractivity contribution in [2.24, 2.45) is 0 Å². The summed E-state index contributed by atoms with van der Waals surface area (Å²) < 4.78 is 25.0. The number of fused-ring (bicyclic) bond motifs is 1. The highest BCUT2D eigenvalue weighted by molar-refractivity contribution is 5.81. The van der Waals surface area contributed by atoms with Gasteiger partial charge in [-0.25, -0.2) is 4.39 Å². The second kappa shape index (κ2) is 7.99. The second-order valence-corrected chi connectivity index (χ2v) is 7.01. The van der Waals surface area contributed by atoms with Crippen molar-refractivity contribution in [3.63, 3.8) is 0 Å². The lowest BCUT2D eigenvalue weighted by Crippen LogP contribution is -2.46. The van der Waals surface area contributed by atoms with Gasteiger partial charge in [-0.05, 0) is 50.1 Å². The maximum atomic E-state index is 13.0. The maximum absolute atomic E-state index is 13.0. The second-order valence-electron chi connectivity index (χ2n) is 7.01. The van der Waals surface area contributed by atoms with E-state index in [9.17, 15) is 9.18 Å². The van der Waals surface area contributed by atoms with Crippen LogP contribution in [-0.2, 0) is 4.79 Å². The topological polar surface area (TPSA) is 47.6 Å². The molecule has 1 N–H and O–H groups in total. The molecular weight excluding hydrogens is 345 g/mol. The lowest BCUT2D eigenvalue weighted by Gasteiger charge is -2.41. The average Bonchev–Trinajstić information content (AvgIpc) is 2.69. The van der Waals surface area contributed by atoms with Crippen LogP contribution in [0.2, 0.25) is 0 Å². The van der Waals surface area contributed by atoms with Gasteiger partial charge in [0, 0.05) is 12.0 Å². The minimum Gasteiger partial charge on any atom is -0.487 e. The molecule has 0 radical (unpaired) electrons. The van der Waals surface area contributed by atoms with E-state index in [1.807, 2.05) is 24.3 Å². The fourth-order valence-corrected chi connectivity index (χ4v) is 3.49. The monoisotopic (exact) mass is 371 g/mol. The molecule has 2 aromatic carbocycles. The van der Waals surface area contributed by atoms with Crippen LogP contribution in [0.5, 0.6) is 11.5 Å². The molecule has 1 aliphatic heterocycles. The molecule has 3 rings (SSSR count). The number of carbonyl (C=O) groups excluding carboxylic acids is 1. The summed E-state index contributed by atoms with van der Waals surface area (Å²) in [6, 6.07) is 13.3. The minimum atomic E-state index is -0.692. The molecule has 2 aromatic rings. The van der Waals surface area contributed by atoms with Crippen LogP contribution < -0.4 is 14.8 Å². The van der Waals surface area contributed by atoms with E-state index in [0.29, 0.717) is 12.2 Å². The van der Waals surface area contributed by atoms with Gasteiger partial charge in [-0.15, -0.1) is 0 Å². The third kappa shape index (κ3) is 4.24. The third-order valence-corrected chi connectivity index (χ3v) is 5.30. The van der Waals surface area contributed by atoms with Crippen LogP contribution in [0.25, 0.3) is 0 Å². The van der Waals surface area contributed by atoms with Gasteiger partial charge >= 0.3 is 0 Å². The molecule has 27 heavy (non-hydrogen) atoms. The molecule has 144 valence electrons. The predicted octanol–water partition coefficient (Wildman–Crippen LogP) is 4.79. The molecule has 1 heterocycles. The molecule has 1 amide bonds. The van der Waals surface area contributed by atoms with Gasteiger partial charge in [0.05, 0.1) is 6.04 Å². The smallest absolute Gasteiger partial charge is 0.261 e. The van der Waals surface area contributed by atoms with E-state index in [0.717, 1.165) is 24.2 Å². The van der Waals surface area contributed by atoms with Crippen molar-refractivity contribution in [2.75, 3.05) is 0 Å². The van der Waals surface area contributed by atoms with Gasteiger partial charge in [-0.1, -0.05) is 32.0 Å². The van der Waals surface area contributed by atoms with Crippen LogP contribution in [0.1, 0.15) is 51.6 Å². The molecule has 5 heteroatoms. The number of halogens is 1. The first kappa shape index (κ1) is 19.2. The van der Waals surface area contributed by atoms with Crippen LogP contribution >= 0.6 is 0 Å². The molecule has 0 unspecified atom stereocenters. The fourth-order valence-electron chi connectivity index (χ4n) is 3.49. The van der Waals surface area contributed by atoms with Crippen molar-refractivity contribution in [2.45, 2.75) is 57.8 Å². The zero-order valence-corrected chi connectivity index (χ0v) is 16.0. The minimum absolute atomic E-state index is 0.137. The summed E-state index contributed by atoms with van der Waals surface area (Å²) in [5.41, 5.74) is 0.699. The van der Waals surface area contributed by atoms with Crippen LogP contribution in [0, 0.1) is 5.82 Å². The number of nitrogens with one attached hydrogen (secondary N) is 1. The SMILES string of the molecule is CCC1(CC)C[C@H](NC(=O)[C@H](C)Oc2ccc(F)cc2)c2ccccc2O1. The van der Waals surface area contributed by atoms with E-state index in [2.05, 4.69) is 19.2 Å². The van der Waals surface area contributed by atoms with E-state index < -0.39 is 6.10 Å². The summed E-state index contributed by atoms with van der Waals surface area (Å²) in [5.74, 6) is 0.739. The quantitative estimate of drug-likeness (QED) is 0.794. The van der Waals surface area contributed by atoms with Crippen molar-refractivity contribution in [3.05, 3.63) is 59.9 Å². The van der Waals surface area contributed by atoms with Crippen molar-refractivity contribution in [3.8, 4) is 11.5 Å². The van der Waals surface area contributed by atoms with E-state index in [-0.39, 0.29) is 23.4 Å². The predicted molar refractivity (Wildman–Crippen MR) is 102 cm³/mol. The van der Waals surface area contributed by atoms with Gasteiger partial charge in [-0.2, -0.15) is 0 Å². The molecule has 0 saturated carbocycles. The summed E-state index contributed by atoms with van der Waals surface area (Å²) in [6.45, 7) is 5.91. The van der Waals surface area contributed by atoms with Crippen LogP contribution in [0.4, 0.5) is 4.39 Å². The first-order chi connectivity index (χ1) is 13.0. The van der Waals surface area contributed by atoms with E-state index in [4.69, 9.17) is 9.47 Å². The molecule has 0 spiro atoms. The molecular formula is C22H26FNO3. The number of amides is 1. The van der Waals surface area contributed by atoms with Gasteiger partial charge in [-0.3, -0.25) is 4.79 Å². The first-order valence-corrected chi connectivity index (χ1v) is 9.47. The summed E-state index contributed by atoms with van der Waals surface area (Å²) >= 11 is 0. The Labute approximate surface area is 159 Å². The van der Waals surface area contributed by atoms with Crippen LogP contribution in [-0.4, -0.2) is 17.6 Å². The molecule has 2 atom stereocenters. The number of hydrogen-bond donors (Lipinski definition) is 1. The van der Waals surface area contributed by atoms with Gasteiger partial charge < -0.3 is 14.8 Å². The summed E-state index contributed by atoms with van der Waals surface area (Å²) in [5, 5.41) is 3.11. The van der Waals surface area contributed by atoms with E-state index >= 15 is 0 Å². The van der Waals surface area contributed by atoms with E-state index in [1.54, 1.807) is 6.92 Å². The van der Waals surface area contributed by atoms with Crippen molar-refractivity contribution >= 4 is 5.91 Å². The molecule has 0 aliphatic carbocycles. The molecule has 0 aromatic heterocycles. The lowest BCUT2D eigenvalue weighted by atomic mass is 9.83. The largest absolute Gasteiger partial charge is 0.487 e. The maximum Gasteiger partial charge on any atom is 0.261 e. The number of ether oxygens (including phenoxy) is 2. The Balaban J connectivity index is 1.74. The Morgan fingerprint density at radius 2 is 1.89 bits per heavy atom. The summed E-state index contributed by atoms with van der Waals surface area (Å²) in [7, 11) is 0. The fraction of sp³-hybridized carbons (Fsp3) is 0.409. The van der Waals surface area contributed by atoms with Crippen LogP contribution in [0.3, 0.4) is 0 Å². The van der Waals surface area contributed by atoms with Gasteiger partial charge in [0.1, 0.15) is 22.9 Å². The van der Waals surface area contributed by atoms with E-state index in [1.165, 1.54) is 24.3 Å². The Hall–Kier alpha value is -2.56. The van der Waals surface area contributed by atoms with Gasteiger partial charge in [0.25, 0.3) is 5.91 Å². The normalized spacial score (nSPS) is 18.7. The highest BCUT2D eigenvalue weighted by Crippen LogP contribution is 2.42.